The molecule has 1 heterocycles. The molecule has 0 fully saturated rings. The zero-order valence-corrected chi connectivity index (χ0v) is 18.8. The van der Waals surface area contributed by atoms with Crippen LogP contribution in [0.3, 0.4) is 0 Å². The second kappa shape index (κ2) is 10.6. The molecule has 0 unspecified atom stereocenters. The van der Waals surface area contributed by atoms with Gasteiger partial charge < -0.3 is 14.4 Å². The van der Waals surface area contributed by atoms with Crippen molar-refractivity contribution < 1.29 is 14.3 Å². The monoisotopic (exact) mass is 455 g/mol. The fourth-order valence-corrected chi connectivity index (χ4v) is 3.72. The van der Waals surface area contributed by atoms with Crippen molar-refractivity contribution in [2.45, 2.75) is 0 Å². The molecule has 156 valence electrons. The molecule has 0 radical (unpaired) electrons. The van der Waals surface area contributed by atoms with E-state index in [-0.39, 0.29) is 24.9 Å². The molecule has 29 heavy (non-hydrogen) atoms. The molecule has 9 heteroatoms. The van der Waals surface area contributed by atoms with Crippen LogP contribution in [0.4, 0.5) is 5.13 Å². The molecule has 0 atom stereocenters. The molecule has 0 bridgehead atoms. The summed E-state index contributed by atoms with van der Waals surface area (Å²) in [5.41, 5.74) is 0.756. The lowest BCUT2D eigenvalue weighted by molar-refractivity contribution is -0.120. The topological polar surface area (TPSA) is 54.9 Å². The van der Waals surface area contributed by atoms with Crippen molar-refractivity contribution in [3.05, 3.63) is 47.5 Å². The number of carbonyl (C=O) groups is 1. The Hall–Kier alpha value is -2.06. The molecule has 0 saturated heterocycles. The van der Waals surface area contributed by atoms with Crippen LogP contribution in [0.5, 0.6) is 11.5 Å². The van der Waals surface area contributed by atoms with Crippen LogP contribution in [0, 0.1) is 0 Å². The van der Waals surface area contributed by atoms with Gasteiger partial charge in [-0.1, -0.05) is 29.0 Å². The summed E-state index contributed by atoms with van der Waals surface area (Å²) in [6.45, 7) is 1.14. The largest absolute Gasteiger partial charge is 0.494 e. The molecule has 0 aliphatic carbocycles. The summed E-state index contributed by atoms with van der Waals surface area (Å²) in [4.78, 5) is 21.3. The molecule has 3 rings (SSSR count). The second-order valence-corrected chi connectivity index (χ2v) is 7.84. The van der Waals surface area contributed by atoms with Gasteiger partial charge >= 0.3 is 0 Å². The molecule has 6 nitrogen and oxygen atoms in total. The summed E-state index contributed by atoms with van der Waals surface area (Å²) < 4.78 is 12.0. The Morgan fingerprint density at radius 3 is 2.52 bits per heavy atom. The highest BCUT2D eigenvalue weighted by Gasteiger charge is 2.21. The summed E-state index contributed by atoms with van der Waals surface area (Å²) in [7, 11) is 5.55. The first-order valence-electron chi connectivity index (χ1n) is 8.75. The van der Waals surface area contributed by atoms with Crippen LogP contribution >= 0.6 is 35.3 Å². The van der Waals surface area contributed by atoms with Crippen molar-refractivity contribution in [2.24, 2.45) is 0 Å². The van der Waals surface area contributed by atoms with Gasteiger partial charge in [0.2, 0.25) is 0 Å². The SMILES string of the molecule is COc1cccc2sc(N(CCN(C)C)C(=O)COc3ccc(Cl)cc3)nc12.Cl. The number of fused-ring (bicyclic) bond motifs is 1. The molecule has 0 saturated carbocycles. The minimum atomic E-state index is -0.158. The number of amides is 1. The third-order valence-electron chi connectivity index (χ3n) is 4.07. The van der Waals surface area contributed by atoms with E-state index in [2.05, 4.69) is 4.98 Å². The van der Waals surface area contributed by atoms with Crippen molar-refractivity contribution in [3.63, 3.8) is 0 Å². The first kappa shape index (κ1) is 23.2. The number of halogens is 2. The minimum absolute atomic E-state index is 0. The van der Waals surface area contributed by atoms with E-state index in [0.29, 0.717) is 34.7 Å². The van der Waals surface area contributed by atoms with Crippen molar-refractivity contribution >= 4 is 56.6 Å². The Morgan fingerprint density at radius 2 is 1.86 bits per heavy atom. The number of aromatic nitrogens is 1. The first-order valence-corrected chi connectivity index (χ1v) is 9.94. The molecule has 3 aromatic rings. The molecular formula is C20H23Cl2N3O3S. The van der Waals surface area contributed by atoms with E-state index < -0.39 is 0 Å². The summed E-state index contributed by atoms with van der Waals surface area (Å²) in [5.74, 6) is 1.13. The minimum Gasteiger partial charge on any atom is -0.494 e. The summed E-state index contributed by atoms with van der Waals surface area (Å²) in [6, 6.07) is 12.7. The van der Waals surface area contributed by atoms with E-state index in [9.17, 15) is 4.79 Å². The lowest BCUT2D eigenvalue weighted by atomic mass is 10.3. The summed E-state index contributed by atoms with van der Waals surface area (Å²) in [6.07, 6.45) is 0. The highest BCUT2D eigenvalue weighted by Crippen LogP contribution is 2.34. The Bertz CT molecular complexity index is 948. The highest BCUT2D eigenvalue weighted by molar-refractivity contribution is 7.22. The van der Waals surface area contributed by atoms with Gasteiger partial charge in [0.1, 0.15) is 17.0 Å². The van der Waals surface area contributed by atoms with Crippen molar-refractivity contribution in [1.82, 2.24) is 9.88 Å². The number of rotatable bonds is 8. The number of anilines is 1. The molecule has 0 aliphatic heterocycles. The number of ether oxygens (including phenoxy) is 2. The number of hydrogen-bond acceptors (Lipinski definition) is 6. The van der Waals surface area contributed by atoms with Gasteiger partial charge in [0.25, 0.3) is 5.91 Å². The van der Waals surface area contributed by atoms with Crippen LogP contribution in [0.25, 0.3) is 10.2 Å². The van der Waals surface area contributed by atoms with E-state index in [1.165, 1.54) is 11.3 Å². The van der Waals surface area contributed by atoms with Gasteiger partial charge in [-0.05, 0) is 50.5 Å². The zero-order chi connectivity index (χ0) is 20.1. The Kier molecular flexibility index (Phi) is 8.52. The van der Waals surface area contributed by atoms with E-state index in [1.807, 2.05) is 37.2 Å². The van der Waals surface area contributed by atoms with Crippen LogP contribution in [0.1, 0.15) is 0 Å². The number of benzene rings is 2. The molecule has 1 amide bonds. The Balaban J connectivity index is 0.00000300. The number of likely N-dealkylation sites (N-methyl/N-ethyl adjacent to an activating group) is 1. The third kappa shape index (κ3) is 5.96. The first-order chi connectivity index (χ1) is 13.5. The highest BCUT2D eigenvalue weighted by atomic mass is 35.5. The van der Waals surface area contributed by atoms with Gasteiger partial charge in [-0.3, -0.25) is 9.69 Å². The normalized spacial score (nSPS) is 10.7. The van der Waals surface area contributed by atoms with E-state index >= 15 is 0 Å². The average Bonchev–Trinajstić information content (AvgIpc) is 3.11. The molecule has 2 aromatic carbocycles. The number of thiazole rings is 1. The number of carbonyl (C=O) groups excluding carboxylic acids is 1. The number of nitrogens with zero attached hydrogens (tertiary/aromatic N) is 3. The maximum atomic E-state index is 12.9. The predicted molar refractivity (Wildman–Crippen MR) is 121 cm³/mol. The van der Waals surface area contributed by atoms with Crippen molar-refractivity contribution in [2.75, 3.05) is 45.8 Å². The fraction of sp³-hybridized carbons (Fsp3) is 0.300. The van der Waals surface area contributed by atoms with Crippen molar-refractivity contribution in [1.29, 1.82) is 0 Å². The predicted octanol–water partition coefficient (Wildman–Crippen LogP) is 4.35. The van der Waals surface area contributed by atoms with Crippen LogP contribution in [-0.4, -0.2) is 56.7 Å². The van der Waals surface area contributed by atoms with Gasteiger partial charge in [-0.2, -0.15) is 0 Å². The van der Waals surface area contributed by atoms with Gasteiger partial charge in [-0.25, -0.2) is 4.98 Å². The second-order valence-electron chi connectivity index (χ2n) is 6.39. The van der Waals surface area contributed by atoms with Crippen LogP contribution < -0.4 is 14.4 Å². The summed E-state index contributed by atoms with van der Waals surface area (Å²) in [5, 5.41) is 1.25. The third-order valence-corrected chi connectivity index (χ3v) is 5.36. The average molecular weight is 456 g/mol. The van der Waals surface area contributed by atoms with E-state index in [1.54, 1.807) is 36.3 Å². The fourth-order valence-electron chi connectivity index (χ4n) is 2.57. The maximum absolute atomic E-state index is 12.9. The van der Waals surface area contributed by atoms with Gasteiger partial charge in [0.05, 0.1) is 11.8 Å². The van der Waals surface area contributed by atoms with Crippen LogP contribution in [0.15, 0.2) is 42.5 Å². The van der Waals surface area contributed by atoms with Gasteiger partial charge in [0.15, 0.2) is 11.7 Å². The molecule has 1 aromatic heterocycles. The zero-order valence-electron chi connectivity index (χ0n) is 16.4. The Labute approximate surface area is 185 Å². The lowest BCUT2D eigenvalue weighted by Gasteiger charge is -2.22. The van der Waals surface area contributed by atoms with Crippen molar-refractivity contribution in [3.8, 4) is 11.5 Å². The number of para-hydroxylation sites is 1. The Morgan fingerprint density at radius 1 is 1.14 bits per heavy atom. The van der Waals surface area contributed by atoms with Gasteiger partial charge in [0, 0.05) is 18.1 Å². The van der Waals surface area contributed by atoms with Crippen LogP contribution in [0.2, 0.25) is 5.02 Å². The van der Waals surface area contributed by atoms with Crippen LogP contribution in [-0.2, 0) is 4.79 Å². The quantitative estimate of drug-likeness (QED) is 0.505. The lowest BCUT2D eigenvalue weighted by Crippen LogP contribution is -2.39. The maximum Gasteiger partial charge on any atom is 0.266 e. The number of hydrogen-bond donors (Lipinski definition) is 0. The standard InChI is InChI=1S/C20H22ClN3O3S.ClH/c1-23(2)11-12-24(18(25)13-27-15-9-7-14(21)8-10-15)20-22-19-16(26-3)5-4-6-17(19)28-20;/h4-10H,11-13H2,1-3H3;1H. The van der Waals surface area contributed by atoms with E-state index in [0.717, 1.165) is 10.2 Å². The smallest absolute Gasteiger partial charge is 0.266 e. The molecule has 0 aliphatic rings. The summed E-state index contributed by atoms with van der Waals surface area (Å²) >= 11 is 7.35. The molecule has 0 N–H and O–H groups in total. The van der Waals surface area contributed by atoms with E-state index in [4.69, 9.17) is 21.1 Å². The van der Waals surface area contributed by atoms with Gasteiger partial charge in [-0.15, -0.1) is 12.4 Å². The number of methoxy groups -OCH3 is 1. The molecule has 0 spiro atoms. The molecular weight excluding hydrogens is 433 g/mol.